The molecule has 1 aromatic rings. The Bertz CT molecular complexity index is 243. The maximum atomic E-state index is 5.73. The van der Waals surface area contributed by atoms with E-state index in [0.29, 0.717) is 6.10 Å². The van der Waals surface area contributed by atoms with E-state index in [-0.39, 0.29) is 0 Å². The summed E-state index contributed by atoms with van der Waals surface area (Å²) in [4.78, 5) is 3.87. The number of ether oxygens (including phenoxy) is 1. The fraction of sp³-hybridized carbons (Fsp3) is 0.778. The molecular formula is C9H16N4O. The first-order valence-electron chi connectivity index (χ1n) is 5.10. The van der Waals surface area contributed by atoms with Crippen LogP contribution in [-0.2, 0) is 11.3 Å². The molecule has 0 aromatic carbocycles. The zero-order valence-corrected chi connectivity index (χ0v) is 8.22. The van der Waals surface area contributed by atoms with Crippen molar-refractivity contribution in [3.05, 3.63) is 12.7 Å². The second-order valence-corrected chi connectivity index (χ2v) is 3.48. The molecule has 1 aliphatic heterocycles. The van der Waals surface area contributed by atoms with Crippen LogP contribution in [0.4, 0.5) is 0 Å². The largest absolute Gasteiger partial charge is 0.376 e. The van der Waals surface area contributed by atoms with Gasteiger partial charge >= 0.3 is 0 Å². The summed E-state index contributed by atoms with van der Waals surface area (Å²) >= 11 is 0. The lowest BCUT2D eigenvalue weighted by Crippen LogP contribution is -2.33. The molecule has 1 N–H and O–H groups in total. The Morgan fingerprint density at radius 3 is 3.00 bits per heavy atom. The highest BCUT2D eigenvalue weighted by molar-refractivity contribution is 4.68. The molecule has 1 saturated heterocycles. The van der Waals surface area contributed by atoms with Gasteiger partial charge in [-0.3, -0.25) is 4.68 Å². The quantitative estimate of drug-likeness (QED) is 0.739. The maximum absolute atomic E-state index is 5.73. The first-order valence-corrected chi connectivity index (χ1v) is 5.10. The van der Waals surface area contributed by atoms with Crippen LogP contribution >= 0.6 is 0 Å². The van der Waals surface area contributed by atoms with E-state index < -0.39 is 0 Å². The van der Waals surface area contributed by atoms with Gasteiger partial charge in [0.1, 0.15) is 12.7 Å². The maximum Gasteiger partial charge on any atom is 0.137 e. The Kier molecular flexibility index (Phi) is 3.48. The van der Waals surface area contributed by atoms with Crippen molar-refractivity contribution in [1.82, 2.24) is 20.1 Å². The molecule has 0 radical (unpaired) electrons. The second-order valence-electron chi connectivity index (χ2n) is 3.48. The van der Waals surface area contributed by atoms with Crippen LogP contribution in [0.25, 0.3) is 0 Å². The van der Waals surface area contributed by atoms with Gasteiger partial charge in [-0.25, -0.2) is 4.98 Å². The molecule has 14 heavy (non-hydrogen) atoms. The van der Waals surface area contributed by atoms with E-state index in [1.807, 2.05) is 0 Å². The fourth-order valence-electron chi connectivity index (χ4n) is 1.62. The molecule has 5 nitrogen and oxygen atoms in total. The van der Waals surface area contributed by atoms with Gasteiger partial charge in [-0.15, -0.1) is 0 Å². The van der Waals surface area contributed by atoms with Gasteiger partial charge in [0, 0.05) is 0 Å². The predicted molar refractivity (Wildman–Crippen MR) is 51.9 cm³/mol. The van der Waals surface area contributed by atoms with Crippen LogP contribution < -0.4 is 5.32 Å². The van der Waals surface area contributed by atoms with Gasteiger partial charge in [0.05, 0.1) is 19.3 Å². The van der Waals surface area contributed by atoms with Crippen molar-refractivity contribution in [1.29, 1.82) is 0 Å². The summed E-state index contributed by atoms with van der Waals surface area (Å²) in [6, 6.07) is 0. The van der Waals surface area contributed by atoms with Crippen LogP contribution in [0.2, 0.25) is 0 Å². The lowest BCUT2D eigenvalue weighted by atomic mass is 10.1. The fourth-order valence-corrected chi connectivity index (χ4v) is 1.62. The van der Waals surface area contributed by atoms with Crippen LogP contribution in [0.3, 0.4) is 0 Å². The van der Waals surface area contributed by atoms with Gasteiger partial charge in [-0.1, -0.05) is 0 Å². The monoisotopic (exact) mass is 196 g/mol. The molecule has 0 atom stereocenters. The summed E-state index contributed by atoms with van der Waals surface area (Å²) in [5.41, 5.74) is 0. The van der Waals surface area contributed by atoms with Gasteiger partial charge in [-0.05, 0) is 25.9 Å². The molecule has 0 aliphatic carbocycles. The molecule has 1 aromatic heterocycles. The number of nitrogens with zero attached hydrogens (tertiary/aromatic N) is 3. The molecular weight excluding hydrogens is 180 g/mol. The standard InChI is InChI=1S/C9H16N4O/c1-3-10-4-2-9(1)14-6-5-13-8-11-7-12-13/h7-10H,1-6H2. The topological polar surface area (TPSA) is 52.0 Å². The Morgan fingerprint density at radius 1 is 1.43 bits per heavy atom. The summed E-state index contributed by atoms with van der Waals surface area (Å²) in [7, 11) is 0. The molecule has 1 aliphatic rings. The summed E-state index contributed by atoms with van der Waals surface area (Å²) in [5, 5.41) is 7.32. The van der Waals surface area contributed by atoms with Crippen LogP contribution in [0.1, 0.15) is 12.8 Å². The van der Waals surface area contributed by atoms with E-state index in [2.05, 4.69) is 15.4 Å². The van der Waals surface area contributed by atoms with Gasteiger partial charge in [0.2, 0.25) is 0 Å². The van der Waals surface area contributed by atoms with Crippen LogP contribution in [0.5, 0.6) is 0 Å². The van der Waals surface area contributed by atoms with Crippen LogP contribution in [-0.4, -0.2) is 40.6 Å². The van der Waals surface area contributed by atoms with Crippen molar-refractivity contribution in [3.63, 3.8) is 0 Å². The molecule has 0 spiro atoms. The lowest BCUT2D eigenvalue weighted by molar-refractivity contribution is 0.0272. The van der Waals surface area contributed by atoms with Gasteiger partial charge < -0.3 is 10.1 Å². The van der Waals surface area contributed by atoms with E-state index in [1.165, 1.54) is 0 Å². The van der Waals surface area contributed by atoms with Gasteiger partial charge in [-0.2, -0.15) is 5.10 Å². The van der Waals surface area contributed by atoms with Crippen molar-refractivity contribution >= 4 is 0 Å². The first-order chi connectivity index (χ1) is 6.95. The highest BCUT2D eigenvalue weighted by atomic mass is 16.5. The number of nitrogens with one attached hydrogen (secondary N) is 1. The summed E-state index contributed by atoms with van der Waals surface area (Å²) in [6.45, 7) is 3.68. The Labute approximate surface area is 83.5 Å². The minimum absolute atomic E-state index is 0.430. The Morgan fingerprint density at radius 2 is 2.29 bits per heavy atom. The Balaban J connectivity index is 1.62. The van der Waals surface area contributed by atoms with Crippen LogP contribution in [0.15, 0.2) is 12.7 Å². The summed E-state index contributed by atoms with van der Waals surface area (Å²) in [5.74, 6) is 0. The minimum Gasteiger partial charge on any atom is -0.376 e. The normalized spacial score (nSPS) is 18.6. The number of rotatable bonds is 4. The zero-order chi connectivity index (χ0) is 9.64. The Hall–Kier alpha value is -0.940. The molecule has 0 amide bonds. The average Bonchev–Trinajstić information content (AvgIpc) is 2.72. The average molecular weight is 196 g/mol. The van der Waals surface area contributed by atoms with E-state index in [0.717, 1.165) is 39.1 Å². The minimum atomic E-state index is 0.430. The van der Waals surface area contributed by atoms with E-state index in [9.17, 15) is 0 Å². The zero-order valence-electron chi connectivity index (χ0n) is 8.22. The third-order valence-electron chi connectivity index (χ3n) is 2.43. The highest BCUT2D eigenvalue weighted by Gasteiger charge is 2.12. The number of piperidine rings is 1. The number of hydrogen-bond acceptors (Lipinski definition) is 4. The summed E-state index contributed by atoms with van der Waals surface area (Å²) in [6.07, 6.45) is 5.94. The smallest absolute Gasteiger partial charge is 0.137 e. The SMILES string of the molecule is c1ncn(CCOC2CCNCC2)n1. The van der Waals surface area contributed by atoms with Gasteiger partial charge in [0.25, 0.3) is 0 Å². The third kappa shape index (κ3) is 2.78. The van der Waals surface area contributed by atoms with Crippen LogP contribution in [0, 0.1) is 0 Å². The van der Waals surface area contributed by atoms with Crippen molar-refractivity contribution in [2.75, 3.05) is 19.7 Å². The van der Waals surface area contributed by atoms with Crippen molar-refractivity contribution in [2.45, 2.75) is 25.5 Å². The molecule has 78 valence electrons. The third-order valence-corrected chi connectivity index (χ3v) is 2.43. The molecule has 1 fully saturated rings. The predicted octanol–water partition coefficient (Wildman–Crippen LogP) is 0.0467. The van der Waals surface area contributed by atoms with E-state index >= 15 is 0 Å². The molecule has 2 rings (SSSR count). The highest BCUT2D eigenvalue weighted by Crippen LogP contribution is 2.06. The van der Waals surface area contributed by atoms with Gasteiger partial charge in [0.15, 0.2) is 0 Å². The van der Waals surface area contributed by atoms with Crippen molar-refractivity contribution in [3.8, 4) is 0 Å². The van der Waals surface area contributed by atoms with E-state index in [4.69, 9.17) is 4.74 Å². The summed E-state index contributed by atoms with van der Waals surface area (Å²) < 4.78 is 7.52. The molecule has 5 heteroatoms. The first kappa shape index (κ1) is 9.61. The van der Waals surface area contributed by atoms with Crippen molar-refractivity contribution in [2.24, 2.45) is 0 Å². The van der Waals surface area contributed by atoms with E-state index in [1.54, 1.807) is 17.3 Å². The molecule has 0 unspecified atom stereocenters. The lowest BCUT2D eigenvalue weighted by Gasteiger charge is -2.22. The van der Waals surface area contributed by atoms with Crippen molar-refractivity contribution < 1.29 is 4.74 Å². The molecule has 2 heterocycles. The molecule has 0 bridgehead atoms. The number of hydrogen-bond donors (Lipinski definition) is 1. The second kappa shape index (κ2) is 5.07. The molecule has 0 saturated carbocycles. The number of aromatic nitrogens is 3.